The van der Waals surface area contributed by atoms with Crippen LogP contribution in [0, 0.1) is 5.92 Å². The van der Waals surface area contributed by atoms with Gasteiger partial charge >= 0.3 is 0 Å². The Labute approximate surface area is 105 Å². The molecule has 2 nitrogen and oxygen atoms in total. The van der Waals surface area contributed by atoms with E-state index < -0.39 is 5.60 Å². The Bertz CT molecular complexity index is 206. The van der Waals surface area contributed by atoms with Crippen LogP contribution in [-0.2, 0) is 0 Å². The molecule has 16 heavy (non-hydrogen) atoms. The minimum Gasteiger partial charge on any atom is -0.389 e. The maximum atomic E-state index is 10.2. The standard InChI is InChI=1S/C13H27NOS/c1-10(2)13(3,15)9-14-11-6-5-7-12(8-11)16-4/h10-12,14-15H,5-9H2,1-4H3. The number of hydrogen-bond donors (Lipinski definition) is 2. The first-order valence-corrected chi connectivity index (χ1v) is 7.73. The maximum Gasteiger partial charge on any atom is 0.0766 e. The average Bonchev–Trinajstić information content (AvgIpc) is 2.26. The minimum atomic E-state index is -0.577. The minimum absolute atomic E-state index is 0.305. The van der Waals surface area contributed by atoms with Crippen LogP contribution < -0.4 is 5.32 Å². The summed E-state index contributed by atoms with van der Waals surface area (Å²) in [6.45, 7) is 6.80. The van der Waals surface area contributed by atoms with Crippen molar-refractivity contribution in [2.75, 3.05) is 12.8 Å². The second-order valence-electron chi connectivity index (χ2n) is 5.61. The van der Waals surface area contributed by atoms with E-state index in [1.807, 2.05) is 18.7 Å². The van der Waals surface area contributed by atoms with Crippen LogP contribution in [0.4, 0.5) is 0 Å². The molecule has 1 saturated carbocycles. The number of hydrogen-bond acceptors (Lipinski definition) is 3. The largest absolute Gasteiger partial charge is 0.389 e. The summed E-state index contributed by atoms with van der Waals surface area (Å²) in [6, 6.07) is 0.608. The Kier molecular flexibility index (Phi) is 5.62. The van der Waals surface area contributed by atoms with E-state index in [4.69, 9.17) is 0 Å². The molecule has 0 aromatic heterocycles. The molecule has 0 heterocycles. The molecule has 0 radical (unpaired) electrons. The number of rotatable bonds is 5. The lowest BCUT2D eigenvalue weighted by molar-refractivity contribution is 0.0108. The predicted octanol–water partition coefficient (Wildman–Crippen LogP) is 2.66. The molecule has 1 fully saturated rings. The van der Waals surface area contributed by atoms with Crippen LogP contribution >= 0.6 is 11.8 Å². The van der Waals surface area contributed by atoms with Crippen LogP contribution in [0.3, 0.4) is 0 Å². The van der Waals surface area contributed by atoms with Crippen molar-refractivity contribution in [2.45, 2.75) is 63.3 Å². The summed E-state index contributed by atoms with van der Waals surface area (Å²) in [4.78, 5) is 0. The fourth-order valence-corrected chi connectivity index (χ4v) is 2.93. The predicted molar refractivity (Wildman–Crippen MR) is 73.0 cm³/mol. The van der Waals surface area contributed by atoms with Gasteiger partial charge in [-0.15, -0.1) is 0 Å². The highest BCUT2D eigenvalue weighted by atomic mass is 32.2. The number of nitrogens with one attached hydrogen (secondary N) is 1. The topological polar surface area (TPSA) is 32.3 Å². The SMILES string of the molecule is CSC1CCCC(NCC(C)(O)C(C)C)C1. The van der Waals surface area contributed by atoms with E-state index in [0.29, 0.717) is 12.0 Å². The highest BCUT2D eigenvalue weighted by molar-refractivity contribution is 7.99. The normalized spacial score (nSPS) is 30.4. The first-order chi connectivity index (χ1) is 7.45. The summed E-state index contributed by atoms with van der Waals surface area (Å²) in [5.41, 5.74) is -0.577. The Balaban J connectivity index is 2.32. The second-order valence-corrected chi connectivity index (χ2v) is 6.75. The van der Waals surface area contributed by atoms with Gasteiger partial charge in [-0.3, -0.25) is 0 Å². The van der Waals surface area contributed by atoms with Crippen molar-refractivity contribution in [1.82, 2.24) is 5.32 Å². The van der Waals surface area contributed by atoms with E-state index in [2.05, 4.69) is 25.4 Å². The molecule has 0 aromatic rings. The Morgan fingerprint density at radius 1 is 1.44 bits per heavy atom. The molecule has 1 aliphatic rings. The fourth-order valence-electron chi connectivity index (χ4n) is 2.10. The first-order valence-electron chi connectivity index (χ1n) is 6.44. The van der Waals surface area contributed by atoms with Gasteiger partial charge in [0.2, 0.25) is 0 Å². The quantitative estimate of drug-likeness (QED) is 0.781. The van der Waals surface area contributed by atoms with Crippen molar-refractivity contribution in [3.63, 3.8) is 0 Å². The van der Waals surface area contributed by atoms with Crippen molar-refractivity contribution in [3.05, 3.63) is 0 Å². The molecule has 3 unspecified atom stereocenters. The molecule has 3 heteroatoms. The lowest BCUT2D eigenvalue weighted by Crippen LogP contribution is -2.47. The van der Waals surface area contributed by atoms with Crippen LogP contribution in [0.2, 0.25) is 0 Å². The van der Waals surface area contributed by atoms with Gasteiger partial charge in [-0.2, -0.15) is 11.8 Å². The van der Waals surface area contributed by atoms with Crippen LogP contribution in [0.25, 0.3) is 0 Å². The zero-order valence-electron chi connectivity index (χ0n) is 11.1. The van der Waals surface area contributed by atoms with Gasteiger partial charge in [-0.25, -0.2) is 0 Å². The van der Waals surface area contributed by atoms with Gasteiger partial charge in [-0.1, -0.05) is 20.3 Å². The summed E-state index contributed by atoms with van der Waals surface area (Å²) in [5, 5.41) is 14.5. The van der Waals surface area contributed by atoms with Crippen molar-refractivity contribution in [2.24, 2.45) is 5.92 Å². The molecule has 1 rings (SSSR count). The van der Waals surface area contributed by atoms with Crippen LogP contribution in [0.15, 0.2) is 0 Å². The summed E-state index contributed by atoms with van der Waals surface area (Å²) in [7, 11) is 0. The van der Waals surface area contributed by atoms with Gasteiger partial charge in [0.1, 0.15) is 0 Å². The van der Waals surface area contributed by atoms with E-state index >= 15 is 0 Å². The molecule has 0 saturated heterocycles. The van der Waals surface area contributed by atoms with Gasteiger partial charge in [0, 0.05) is 17.8 Å². The van der Waals surface area contributed by atoms with Gasteiger partial charge in [-0.05, 0) is 38.4 Å². The zero-order chi connectivity index (χ0) is 12.2. The average molecular weight is 245 g/mol. The van der Waals surface area contributed by atoms with Gasteiger partial charge in [0.15, 0.2) is 0 Å². The molecule has 2 N–H and O–H groups in total. The fraction of sp³-hybridized carbons (Fsp3) is 1.00. The first kappa shape index (κ1) is 14.3. The molecule has 0 aromatic carbocycles. The van der Waals surface area contributed by atoms with E-state index in [0.717, 1.165) is 11.8 Å². The van der Waals surface area contributed by atoms with Crippen LogP contribution in [0.5, 0.6) is 0 Å². The molecule has 3 atom stereocenters. The monoisotopic (exact) mass is 245 g/mol. The van der Waals surface area contributed by atoms with Gasteiger partial charge in [0.05, 0.1) is 5.60 Å². The summed E-state index contributed by atoms with van der Waals surface area (Å²) in [5.74, 6) is 0.305. The summed E-state index contributed by atoms with van der Waals surface area (Å²) < 4.78 is 0. The van der Waals surface area contributed by atoms with E-state index in [9.17, 15) is 5.11 Å². The van der Waals surface area contributed by atoms with Crippen molar-refractivity contribution in [1.29, 1.82) is 0 Å². The van der Waals surface area contributed by atoms with E-state index in [1.54, 1.807) is 0 Å². The molecule has 0 bridgehead atoms. The smallest absolute Gasteiger partial charge is 0.0766 e. The maximum absolute atomic E-state index is 10.2. The zero-order valence-corrected chi connectivity index (χ0v) is 11.9. The summed E-state index contributed by atoms with van der Waals surface area (Å²) >= 11 is 1.99. The molecule has 0 aliphatic heterocycles. The second kappa shape index (κ2) is 6.27. The van der Waals surface area contributed by atoms with Crippen molar-refractivity contribution in [3.8, 4) is 0 Å². The lowest BCUT2D eigenvalue weighted by Gasteiger charge is -2.33. The van der Waals surface area contributed by atoms with Crippen LogP contribution in [0.1, 0.15) is 46.5 Å². The highest BCUT2D eigenvalue weighted by Gasteiger charge is 2.27. The van der Waals surface area contributed by atoms with E-state index in [1.165, 1.54) is 25.7 Å². The van der Waals surface area contributed by atoms with Gasteiger partial charge < -0.3 is 10.4 Å². The third kappa shape index (κ3) is 4.27. The Hall–Kier alpha value is 0.270. The van der Waals surface area contributed by atoms with E-state index in [-0.39, 0.29) is 0 Å². The Morgan fingerprint density at radius 3 is 2.69 bits per heavy atom. The molecule has 96 valence electrons. The third-order valence-corrected chi connectivity index (χ3v) is 5.05. The van der Waals surface area contributed by atoms with Crippen LogP contribution in [-0.4, -0.2) is 34.8 Å². The molecule has 0 amide bonds. The highest BCUT2D eigenvalue weighted by Crippen LogP contribution is 2.27. The Morgan fingerprint density at radius 2 is 2.12 bits per heavy atom. The van der Waals surface area contributed by atoms with Gasteiger partial charge in [0.25, 0.3) is 0 Å². The molecular weight excluding hydrogens is 218 g/mol. The molecule has 1 aliphatic carbocycles. The van der Waals surface area contributed by atoms with Crippen molar-refractivity contribution >= 4 is 11.8 Å². The molecular formula is C13H27NOS. The number of thioether (sulfide) groups is 1. The lowest BCUT2D eigenvalue weighted by atomic mass is 9.90. The third-order valence-electron chi connectivity index (χ3n) is 3.95. The van der Waals surface area contributed by atoms with Crippen molar-refractivity contribution < 1.29 is 5.11 Å². The molecule has 0 spiro atoms. The summed E-state index contributed by atoms with van der Waals surface area (Å²) in [6.07, 6.45) is 7.42. The number of aliphatic hydroxyl groups is 1.